The highest BCUT2D eigenvalue weighted by Crippen LogP contribution is 2.25. The molecule has 1 heterocycles. The van der Waals surface area contributed by atoms with Crippen molar-refractivity contribution >= 4 is 49.7 Å². The first-order valence-electron chi connectivity index (χ1n) is 7.41. The van der Waals surface area contributed by atoms with E-state index in [0.717, 1.165) is 4.47 Å². The van der Waals surface area contributed by atoms with Gasteiger partial charge in [0.05, 0.1) is 12.2 Å². The molecule has 1 aromatic heterocycles. The van der Waals surface area contributed by atoms with Gasteiger partial charge < -0.3 is 15.0 Å². The zero-order valence-electron chi connectivity index (χ0n) is 13.2. The lowest BCUT2D eigenvalue weighted by Gasteiger charge is -2.22. The largest absolute Gasteiger partial charge is 0.392 e. The first-order valence-corrected chi connectivity index (χ1v) is 8.61. The molecule has 0 unspecified atom stereocenters. The third-order valence-electron chi connectivity index (χ3n) is 3.96. The van der Waals surface area contributed by atoms with Gasteiger partial charge in [-0.3, -0.25) is 4.79 Å². The number of aromatic amines is 1. The Balaban J connectivity index is 2.18. The highest BCUT2D eigenvalue weighted by Gasteiger charge is 2.20. The zero-order valence-corrected chi connectivity index (χ0v) is 15.6. The van der Waals surface area contributed by atoms with Crippen molar-refractivity contribution < 1.29 is 9.50 Å². The second kappa shape index (κ2) is 7.03. The molecule has 0 atom stereocenters. The minimum Gasteiger partial charge on any atom is -0.392 e. The van der Waals surface area contributed by atoms with Gasteiger partial charge in [0.25, 0.3) is 5.56 Å². The van der Waals surface area contributed by atoms with E-state index in [0.29, 0.717) is 22.2 Å². The molecule has 0 amide bonds. The van der Waals surface area contributed by atoms with E-state index in [-0.39, 0.29) is 17.2 Å². The number of H-pyrrole nitrogens is 1. The van der Waals surface area contributed by atoms with Crippen molar-refractivity contribution in [3.8, 4) is 0 Å². The maximum Gasteiger partial charge on any atom is 0.259 e. The van der Waals surface area contributed by atoms with Crippen LogP contribution in [0.15, 0.2) is 51.7 Å². The molecule has 25 heavy (non-hydrogen) atoms. The number of benzene rings is 2. The fourth-order valence-electron chi connectivity index (χ4n) is 2.69. The Labute approximate surface area is 157 Å². The van der Waals surface area contributed by atoms with Gasteiger partial charge in [0.2, 0.25) is 0 Å². The van der Waals surface area contributed by atoms with Gasteiger partial charge in [-0.1, -0.05) is 34.2 Å². The number of nitrogens with zero attached hydrogens (tertiary/aromatic N) is 1. The molecule has 0 aliphatic carbocycles. The summed E-state index contributed by atoms with van der Waals surface area (Å²) in [6.07, 6.45) is 0. The van der Waals surface area contributed by atoms with Gasteiger partial charge in [-0.05, 0) is 36.4 Å². The van der Waals surface area contributed by atoms with Crippen LogP contribution in [0.1, 0.15) is 11.1 Å². The quantitative estimate of drug-likeness (QED) is 0.633. The van der Waals surface area contributed by atoms with Crippen LogP contribution < -0.4 is 10.5 Å². The number of halogens is 2. The van der Waals surface area contributed by atoms with Crippen LogP contribution in [-0.2, 0) is 6.61 Å². The fraction of sp³-hybridized carbons (Fsp3) is 0.111. The number of hydrogen-bond acceptors (Lipinski definition) is 3. The number of hydrogen-bond donors (Lipinski definition) is 2. The summed E-state index contributed by atoms with van der Waals surface area (Å²) in [5, 5.41) is 10.6. The van der Waals surface area contributed by atoms with Crippen LogP contribution in [-0.4, -0.2) is 22.1 Å². The van der Waals surface area contributed by atoms with Gasteiger partial charge in [0.15, 0.2) is 0 Å². The molecule has 4 nitrogen and oxygen atoms in total. The van der Waals surface area contributed by atoms with Crippen molar-refractivity contribution in [1.29, 1.82) is 0 Å². The molecule has 2 aromatic carbocycles. The summed E-state index contributed by atoms with van der Waals surface area (Å²) >= 11 is 8.86. The Bertz CT molecular complexity index is 1040. The highest BCUT2D eigenvalue weighted by molar-refractivity contribution is 9.10. The summed E-state index contributed by atoms with van der Waals surface area (Å²) < 4.78 is 14.3. The van der Waals surface area contributed by atoms with E-state index in [2.05, 4.69) is 20.9 Å². The van der Waals surface area contributed by atoms with Gasteiger partial charge >= 0.3 is 0 Å². The van der Waals surface area contributed by atoms with Crippen molar-refractivity contribution in [3.05, 3.63) is 74.2 Å². The molecule has 0 saturated carbocycles. The number of pyridine rings is 1. The standard InChI is InChI=1S/C18H14BrFN2O2S/c1-22(12-4-2-3-11(20)8-12)18(25)16-14(9-23)13-7-10(19)5-6-15(13)21-17(16)24/h2-8,23H,9H2,1H3,(H,21,24). The Morgan fingerprint density at radius 1 is 1.32 bits per heavy atom. The summed E-state index contributed by atoms with van der Waals surface area (Å²) in [5.74, 6) is -0.397. The second-order valence-corrected chi connectivity index (χ2v) is 6.80. The monoisotopic (exact) mass is 420 g/mol. The highest BCUT2D eigenvalue weighted by atomic mass is 79.9. The topological polar surface area (TPSA) is 56.3 Å². The molecule has 0 bridgehead atoms. The lowest BCUT2D eigenvalue weighted by Crippen LogP contribution is -2.32. The average Bonchev–Trinajstić information content (AvgIpc) is 2.59. The summed E-state index contributed by atoms with van der Waals surface area (Å²) in [7, 11) is 1.66. The molecule has 0 aliphatic rings. The summed E-state index contributed by atoms with van der Waals surface area (Å²) in [6.45, 7) is -0.344. The van der Waals surface area contributed by atoms with E-state index >= 15 is 0 Å². The molecule has 0 aliphatic heterocycles. The van der Waals surface area contributed by atoms with Crippen molar-refractivity contribution in [3.63, 3.8) is 0 Å². The smallest absolute Gasteiger partial charge is 0.259 e. The molecule has 2 N–H and O–H groups in total. The molecule has 128 valence electrons. The van der Waals surface area contributed by atoms with Gasteiger partial charge in [-0.25, -0.2) is 4.39 Å². The van der Waals surface area contributed by atoms with Crippen molar-refractivity contribution in [2.45, 2.75) is 6.61 Å². The van der Waals surface area contributed by atoms with Crippen LogP contribution in [0, 0.1) is 5.82 Å². The molecule has 0 saturated heterocycles. The molecule has 0 radical (unpaired) electrons. The molecular formula is C18H14BrFN2O2S. The molecule has 0 fully saturated rings. The minimum absolute atomic E-state index is 0.204. The number of fused-ring (bicyclic) bond motifs is 1. The van der Waals surface area contributed by atoms with Crippen LogP contribution in [0.4, 0.5) is 10.1 Å². The van der Waals surface area contributed by atoms with E-state index in [9.17, 15) is 14.3 Å². The molecule has 7 heteroatoms. The predicted molar refractivity (Wildman–Crippen MR) is 105 cm³/mol. The average molecular weight is 421 g/mol. The van der Waals surface area contributed by atoms with E-state index in [4.69, 9.17) is 12.2 Å². The van der Waals surface area contributed by atoms with Crippen LogP contribution in [0.5, 0.6) is 0 Å². The van der Waals surface area contributed by atoms with Gasteiger partial charge in [0, 0.05) is 33.7 Å². The van der Waals surface area contributed by atoms with Crippen LogP contribution in [0.25, 0.3) is 10.9 Å². The third kappa shape index (κ3) is 3.35. The van der Waals surface area contributed by atoms with E-state index < -0.39 is 11.4 Å². The normalized spacial score (nSPS) is 10.9. The zero-order chi connectivity index (χ0) is 18.1. The summed E-state index contributed by atoms with van der Waals surface area (Å²) in [4.78, 5) is 17.1. The number of nitrogens with one attached hydrogen (secondary N) is 1. The Morgan fingerprint density at radius 2 is 2.08 bits per heavy atom. The van der Waals surface area contributed by atoms with Gasteiger partial charge in [-0.2, -0.15) is 0 Å². The number of aromatic nitrogens is 1. The molecule has 3 rings (SSSR count). The Kier molecular flexibility index (Phi) is 4.99. The first-order chi connectivity index (χ1) is 11.9. The maximum absolute atomic E-state index is 13.5. The number of rotatable bonds is 3. The Morgan fingerprint density at radius 3 is 2.76 bits per heavy atom. The summed E-state index contributed by atoms with van der Waals surface area (Å²) in [5.41, 5.74) is 1.37. The number of thiocarbonyl (C=S) groups is 1. The molecular weight excluding hydrogens is 407 g/mol. The first kappa shape index (κ1) is 17.7. The third-order valence-corrected chi connectivity index (χ3v) is 4.93. The number of aliphatic hydroxyl groups is 1. The summed E-state index contributed by atoms with van der Waals surface area (Å²) in [6, 6.07) is 11.3. The van der Waals surface area contributed by atoms with Crippen molar-refractivity contribution in [2.24, 2.45) is 0 Å². The van der Waals surface area contributed by atoms with E-state index in [1.165, 1.54) is 12.1 Å². The molecule has 0 spiro atoms. The minimum atomic E-state index is -0.397. The van der Waals surface area contributed by atoms with Crippen molar-refractivity contribution in [1.82, 2.24) is 4.98 Å². The number of aliphatic hydroxyl groups excluding tert-OH is 1. The maximum atomic E-state index is 13.5. The van der Waals surface area contributed by atoms with Crippen molar-refractivity contribution in [2.75, 3.05) is 11.9 Å². The molecule has 3 aromatic rings. The fourth-order valence-corrected chi connectivity index (χ4v) is 3.37. The van der Waals surface area contributed by atoms with Crippen LogP contribution in [0.2, 0.25) is 0 Å². The number of anilines is 1. The van der Waals surface area contributed by atoms with Gasteiger partial charge in [-0.15, -0.1) is 0 Å². The lowest BCUT2D eigenvalue weighted by molar-refractivity contribution is 0.283. The van der Waals surface area contributed by atoms with Crippen LogP contribution in [0.3, 0.4) is 0 Å². The Hall–Kier alpha value is -2.09. The SMILES string of the molecule is CN(C(=S)c1c(CO)c2cc(Br)ccc2[nH]c1=O)c1cccc(F)c1. The van der Waals surface area contributed by atoms with E-state index in [1.807, 2.05) is 6.07 Å². The lowest BCUT2D eigenvalue weighted by atomic mass is 10.0. The second-order valence-electron chi connectivity index (χ2n) is 5.50. The van der Waals surface area contributed by atoms with Crippen LogP contribution >= 0.6 is 28.1 Å². The predicted octanol–water partition coefficient (Wildman–Crippen LogP) is 3.73. The van der Waals surface area contributed by atoms with Gasteiger partial charge in [0.1, 0.15) is 10.8 Å². The van der Waals surface area contributed by atoms with E-state index in [1.54, 1.807) is 36.2 Å².